The first-order chi connectivity index (χ1) is 15.0. The smallest absolute Gasteiger partial charge is 0.252 e. The molecule has 5 nitrogen and oxygen atoms in total. The minimum Gasteiger partial charge on any atom is -0.354 e. The molecule has 1 aliphatic carbocycles. The number of benzene rings is 2. The zero-order chi connectivity index (χ0) is 22.2. The molecule has 2 unspecified atom stereocenters. The van der Waals surface area contributed by atoms with E-state index in [9.17, 15) is 9.59 Å². The Morgan fingerprint density at radius 3 is 2.58 bits per heavy atom. The molecule has 0 bridgehead atoms. The Morgan fingerprint density at radius 2 is 1.87 bits per heavy atom. The van der Waals surface area contributed by atoms with Gasteiger partial charge in [-0.2, -0.15) is 5.26 Å². The number of hydrogen-bond acceptors (Lipinski definition) is 4. The summed E-state index contributed by atoms with van der Waals surface area (Å²) in [5.41, 5.74) is 2.40. The third-order valence-corrected chi connectivity index (χ3v) is 6.56. The predicted octanol–water partition coefficient (Wildman–Crippen LogP) is 4.66. The second kappa shape index (κ2) is 11.0. The molecule has 162 valence electrons. The molecule has 2 amide bonds. The fourth-order valence-corrected chi connectivity index (χ4v) is 4.85. The van der Waals surface area contributed by atoms with Gasteiger partial charge in [0, 0.05) is 28.6 Å². The van der Waals surface area contributed by atoms with Crippen LogP contribution in [0.25, 0.3) is 0 Å². The largest absolute Gasteiger partial charge is 0.354 e. The Balaban J connectivity index is 1.61. The van der Waals surface area contributed by atoms with Gasteiger partial charge >= 0.3 is 0 Å². The van der Waals surface area contributed by atoms with Gasteiger partial charge in [0.1, 0.15) is 0 Å². The van der Waals surface area contributed by atoms with E-state index in [0.29, 0.717) is 17.5 Å². The Labute approximate surface area is 188 Å². The van der Waals surface area contributed by atoms with Crippen molar-refractivity contribution in [1.82, 2.24) is 10.6 Å². The maximum atomic E-state index is 13.0. The van der Waals surface area contributed by atoms with E-state index in [0.717, 1.165) is 35.5 Å². The fourth-order valence-electron chi connectivity index (χ4n) is 3.84. The lowest BCUT2D eigenvalue weighted by molar-refractivity contribution is -0.126. The summed E-state index contributed by atoms with van der Waals surface area (Å²) in [7, 11) is 0. The monoisotopic (exact) mass is 435 g/mol. The van der Waals surface area contributed by atoms with Crippen LogP contribution in [0.1, 0.15) is 61.0 Å². The number of nitriles is 1. The lowest BCUT2D eigenvalue weighted by atomic mass is 9.85. The first-order valence-corrected chi connectivity index (χ1v) is 11.8. The van der Waals surface area contributed by atoms with Crippen LogP contribution in [0, 0.1) is 17.2 Å². The number of hydrogen-bond donors (Lipinski definition) is 2. The van der Waals surface area contributed by atoms with Crippen LogP contribution in [0.15, 0.2) is 53.4 Å². The summed E-state index contributed by atoms with van der Waals surface area (Å²) in [6.45, 7) is 3.93. The van der Waals surface area contributed by atoms with Crippen molar-refractivity contribution in [3.8, 4) is 6.07 Å². The normalized spacial score (nSPS) is 18.3. The van der Waals surface area contributed by atoms with E-state index in [1.807, 2.05) is 62.4 Å². The quantitative estimate of drug-likeness (QED) is 0.620. The highest BCUT2D eigenvalue weighted by Gasteiger charge is 2.28. The lowest BCUT2D eigenvalue weighted by Crippen LogP contribution is -2.43. The Hall–Kier alpha value is -2.78. The molecule has 0 aliphatic heterocycles. The number of rotatable bonds is 7. The molecule has 2 atom stereocenters. The van der Waals surface area contributed by atoms with Gasteiger partial charge in [-0.25, -0.2) is 0 Å². The van der Waals surface area contributed by atoms with Gasteiger partial charge in [-0.1, -0.05) is 30.7 Å². The highest BCUT2D eigenvalue weighted by molar-refractivity contribution is 7.98. The van der Waals surface area contributed by atoms with Gasteiger partial charge in [-0.15, -0.1) is 11.8 Å². The van der Waals surface area contributed by atoms with Gasteiger partial charge in [0.05, 0.1) is 17.2 Å². The summed E-state index contributed by atoms with van der Waals surface area (Å²) in [6.07, 6.45) is 3.40. The second-order valence-electron chi connectivity index (χ2n) is 8.29. The molecule has 1 fully saturated rings. The van der Waals surface area contributed by atoms with Crippen LogP contribution in [0.3, 0.4) is 0 Å². The Morgan fingerprint density at radius 1 is 1.13 bits per heavy atom. The van der Waals surface area contributed by atoms with Crippen LogP contribution in [0.2, 0.25) is 0 Å². The van der Waals surface area contributed by atoms with Crippen LogP contribution in [-0.4, -0.2) is 23.9 Å². The summed E-state index contributed by atoms with van der Waals surface area (Å²) in [5.74, 6) is 0.685. The zero-order valence-electron chi connectivity index (χ0n) is 18.1. The molecule has 31 heavy (non-hydrogen) atoms. The molecule has 1 aliphatic rings. The fraction of sp³-hybridized carbons (Fsp3) is 0.400. The van der Waals surface area contributed by atoms with E-state index in [1.54, 1.807) is 11.8 Å². The Bertz CT molecular complexity index is 950. The standard InChI is InChI=1S/C25H29N3O2S/c1-17(2)27-24(29)20-6-5-7-21(14-20)28-25(30)22-8-3-4-9-23(22)31-16-19-12-10-18(15-26)11-13-19/h3-4,8-13,17,20-21H,5-7,14,16H2,1-2H3,(H,27,29)(H,28,30). The first-order valence-electron chi connectivity index (χ1n) is 10.8. The van der Waals surface area contributed by atoms with Gasteiger partial charge in [-0.05, 0) is 62.9 Å². The molecule has 2 aromatic rings. The molecule has 0 aromatic heterocycles. The summed E-state index contributed by atoms with van der Waals surface area (Å²) < 4.78 is 0. The molecular weight excluding hydrogens is 406 g/mol. The minimum atomic E-state index is -0.0853. The maximum Gasteiger partial charge on any atom is 0.252 e. The molecule has 0 saturated heterocycles. The van der Waals surface area contributed by atoms with Crippen molar-refractivity contribution in [2.24, 2.45) is 5.92 Å². The summed E-state index contributed by atoms with van der Waals surface area (Å²) >= 11 is 1.61. The van der Waals surface area contributed by atoms with Gasteiger partial charge in [0.25, 0.3) is 5.91 Å². The SMILES string of the molecule is CC(C)NC(=O)C1CCCC(NC(=O)c2ccccc2SCc2ccc(C#N)cc2)C1. The van der Waals surface area contributed by atoms with Gasteiger partial charge in [-0.3, -0.25) is 9.59 Å². The average Bonchev–Trinajstić information content (AvgIpc) is 2.78. The topological polar surface area (TPSA) is 82.0 Å². The van der Waals surface area contributed by atoms with Crippen molar-refractivity contribution in [2.45, 2.75) is 62.3 Å². The third-order valence-electron chi connectivity index (χ3n) is 5.42. The maximum absolute atomic E-state index is 13.0. The predicted molar refractivity (Wildman–Crippen MR) is 124 cm³/mol. The van der Waals surface area contributed by atoms with Crippen LogP contribution >= 0.6 is 11.8 Å². The summed E-state index contributed by atoms with van der Waals surface area (Å²) in [5, 5.41) is 15.1. The van der Waals surface area contributed by atoms with Crippen LogP contribution in [-0.2, 0) is 10.5 Å². The van der Waals surface area contributed by atoms with Crippen molar-refractivity contribution in [3.05, 3.63) is 65.2 Å². The second-order valence-corrected chi connectivity index (χ2v) is 9.31. The number of thioether (sulfide) groups is 1. The van der Waals surface area contributed by atoms with E-state index in [1.165, 1.54) is 0 Å². The van der Waals surface area contributed by atoms with Gasteiger partial charge in [0.15, 0.2) is 0 Å². The van der Waals surface area contributed by atoms with Crippen LogP contribution in [0.5, 0.6) is 0 Å². The molecule has 6 heteroatoms. The number of nitrogens with zero attached hydrogens (tertiary/aromatic N) is 1. The number of amides is 2. The average molecular weight is 436 g/mol. The summed E-state index contributed by atoms with van der Waals surface area (Å²) in [6, 6.07) is 17.4. The minimum absolute atomic E-state index is 0.0146. The first kappa shape index (κ1) is 22.9. The number of carbonyl (C=O) groups excluding carboxylic acids is 2. The molecule has 0 heterocycles. The van der Waals surface area contributed by atoms with E-state index in [2.05, 4.69) is 16.7 Å². The van der Waals surface area contributed by atoms with Crippen molar-refractivity contribution < 1.29 is 9.59 Å². The highest BCUT2D eigenvalue weighted by atomic mass is 32.2. The van der Waals surface area contributed by atoms with Crippen LogP contribution < -0.4 is 10.6 Å². The van der Waals surface area contributed by atoms with E-state index in [-0.39, 0.29) is 29.8 Å². The summed E-state index contributed by atoms with van der Waals surface area (Å²) in [4.78, 5) is 26.3. The van der Waals surface area contributed by atoms with Crippen LogP contribution in [0.4, 0.5) is 0 Å². The molecule has 3 rings (SSSR count). The number of nitrogens with one attached hydrogen (secondary N) is 2. The Kier molecular flexibility index (Phi) is 8.13. The van der Waals surface area contributed by atoms with Gasteiger partial charge < -0.3 is 10.6 Å². The van der Waals surface area contributed by atoms with Crippen molar-refractivity contribution >= 4 is 23.6 Å². The zero-order valence-corrected chi connectivity index (χ0v) is 18.9. The molecule has 2 aromatic carbocycles. The molecule has 2 N–H and O–H groups in total. The molecule has 0 radical (unpaired) electrons. The third kappa shape index (κ3) is 6.60. The van der Waals surface area contributed by atoms with E-state index in [4.69, 9.17) is 5.26 Å². The van der Waals surface area contributed by atoms with Crippen molar-refractivity contribution in [3.63, 3.8) is 0 Å². The molecule has 1 saturated carbocycles. The molecule has 0 spiro atoms. The number of carbonyl (C=O) groups is 2. The highest BCUT2D eigenvalue weighted by Crippen LogP contribution is 2.28. The van der Waals surface area contributed by atoms with Gasteiger partial charge in [0.2, 0.25) is 5.91 Å². The molecular formula is C25H29N3O2S. The lowest BCUT2D eigenvalue weighted by Gasteiger charge is -2.29. The van der Waals surface area contributed by atoms with E-state index >= 15 is 0 Å². The van der Waals surface area contributed by atoms with Crippen molar-refractivity contribution in [1.29, 1.82) is 5.26 Å². The van der Waals surface area contributed by atoms with Crippen molar-refractivity contribution in [2.75, 3.05) is 0 Å². The van der Waals surface area contributed by atoms with E-state index < -0.39 is 0 Å².